The number of hydrogen-bond acceptors (Lipinski definition) is 4. The number of carboxylic acid groups (broad SMARTS) is 1. The second-order valence-corrected chi connectivity index (χ2v) is 2.79. The van der Waals surface area contributed by atoms with Crippen LogP contribution in [0, 0.1) is 0 Å². The van der Waals surface area contributed by atoms with Crippen molar-refractivity contribution in [1.82, 2.24) is 0 Å². The summed E-state index contributed by atoms with van der Waals surface area (Å²) >= 11 is 0. The highest BCUT2D eigenvalue weighted by molar-refractivity contribution is 5.93. The number of carboxylic acids is 1. The van der Waals surface area contributed by atoms with Crippen LogP contribution in [0.25, 0.3) is 0 Å². The molecule has 0 unspecified atom stereocenters. The fraction of sp³-hybridized carbons (Fsp3) is 0.300. The topological polar surface area (TPSA) is 76.0 Å². The number of ether oxygens (including phenoxy) is 2. The van der Waals surface area contributed by atoms with E-state index in [1.807, 2.05) is 0 Å². The molecule has 0 atom stereocenters. The number of benzene rings is 1. The highest BCUT2D eigenvalue weighted by Crippen LogP contribution is 2.30. The lowest BCUT2D eigenvalue weighted by Gasteiger charge is -2.12. The van der Waals surface area contributed by atoms with E-state index in [4.69, 9.17) is 19.7 Å². The summed E-state index contributed by atoms with van der Waals surface area (Å²) in [6.07, 6.45) is 0. The molecule has 0 saturated carbocycles. The molecule has 0 aliphatic rings. The number of rotatable bonds is 4. The quantitative estimate of drug-likeness (QED) is 0.775. The molecule has 1 aromatic rings. The molecule has 0 aliphatic heterocycles. The minimum atomic E-state index is -1.16. The first kappa shape index (κ1) is 11.3. The number of carbonyl (C=O) groups is 1. The molecular formula is C10H12O5. The zero-order valence-electron chi connectivity index (χ0n) is 8.48. The maximum atomic E-state index is 11.0. The molecule has 0 aromatic heterocycles. The van der Waals surface area contributed by atoms with Crippen LogP contribution >= 0.6 is 0 Å². The van der Waals surface area contributed by atoms with Gasteiger partial charge in [0.2, 0.25) is 0 Å². The number of aliphatic hydroxyl groups is 1. The zero-order chi connectivity index (χ0) is 11.4. The van der Waals surface area contributed by atoms with Gasteiger partial charge in [-0.1, -0.05) is 0 Å². The molecule has 1 aromatic carbocycles. The Morgan fingerprint density at radius 2 is 1.80 bits per heavy atom. The van der Waals surface area contributed by atoms with Crippen molar-refractivity contribution in [2.45, 2.75) is 6.61 Å². The van der Waals surface area contributed by atoms with E-state index in [1.54, 1.807) is 6.07 Å². The predicted molar refractivity (Wildman–Crippen MR) is 52.4 cm³/mol. The molecule has 5 nitrogen and oxygen atoms in total. The molecule has 5 heteroatoms. The van der Waals surface area contributed by atoms with Crippen LogP contribution in [-0.2, 0) is 6.61 Å². The lowest BCUT2D eigenvalue weighted by atomic mass is 10.1. The largest absolute Gasteiger partial charge is 0.496 e. The maximum Gasteiger partial charge on any atom is 0.339 e. The van der Waals surface area contributed by atoms with Crippen molar-refractivity contribution in [3.05, 3.63) is 23.3 Å². The first-order valence-corrected chi connectivity index (χ1v) is 4.23. The van der Waals surface area contributed by atoms with Gasteiger partial charge in [-0.25, -0.2) is 4.79 Å². The highest BCUT2D eigenvalue weighted by Gasteiger charge is 2.19. The molecule has 0 heterocycles. The number of methoxy groups -OCH3 is 2. The molecule has 0 saturated heterocycles. The van der Waals surface area contributed by atoms with Gasteiger partial charge >= 0.3 is 5.97 Å². The number of aliphatic hydroxyl groups excluding tert-OH is 1. The minimum Gasteiger partial charge on any atom is -0.496 e. The summed E-state index contributed by atoms with van der Waals surface area (Å²) in [7, 11) is 2.78. The van der Waals surface area contributed by atoms with E-state index in [2.05, 4.69) is 0 Å². The third kappa shape index (κ3) is 2.02. The molecule has 1 rings (SSSR count). The van der Waals surface area contributed by atoms with Gasteiger partial charge in [0.05, 0.1) is 20.8 Å². The van der Waals surface area contributed by atoms with Gasteiger partial charge < -0.3 is 19.7 Å². The van der Waals surface area contributed by atoms with Crippen molar-refractivity contribution in [3.8, 4) is 11.5 Å². The predicted octanol–water partition coefficient (Wildman–Crippen LogP) is 0.894. The summed E-state index contributed by atoms with van der Waals surface area (Å²) in [6.45, 7) is -0.415. The number of hydrogen-bond donors (Lipinski definition) is 2. The molecule has 15 heavy (non-hydrogen) atoms. The lowest BCUT2D eigenvalue weighted by Crippen LogP contribution is -2.07. The fourth-order valence-electron chi connectivity index (χ4n) is 1.36. The summed E-state index contributed by atoms with van der Waals surface area (Å²) in [4.78, 5) is 11.0. The van der Waals surface area contributed by atoms with E-state index in [1.165, 1.54) is 20.3 Å². The Morgan fingerprint density at radius 1 is 1.27 bits per heavy atom. The Morgan fingerprint density at radius 3 is 2.20 bits per heavy atom. The van der Waals surface area contributed by atoms with E-state index in [-0.39, 0.29) is 16.9 Å². The van der Waals surface area contributed by atoms with Gasteiger partial charge in [-0.2, -0.15) is 0 Å². The van der Waals surface area contributed by atoms with E-state index in [0.29, 0.717) is 5.75 Å². The van der Waals surface area contributed by atoms with E-state index < -0.39 is 12.6 Å². The monoisotopic (exact) mass is 212 g/mol. The van der Waals surface area contributed by atoms with Crippen LogP contribution in [0.3, 0.4) is 0 Å². The standard InChI is InChI=1S/C10H12O5/c1-14-7-3-4-8(15-2)9(10(12)13)6(7)5-11/h3-4,11H,5H2,1-2H3,(H,12,13). The minimum absolute atomic E-state index is 0.0700. The Bertz CT molecular complexity index is 372. The smallest absolute Gasteiger partial charge is 0.339 e. The van der Waals surface area contributed by atoms with Crippen LogP contribution in [0.2, 0.25) is 0 Å². The Balaban J connectivity index is 3.44. The van der Waals surface area contributed by atoms with Crippen molar-refractivity contribution in [1.29, 1.82) is 0 Å². The molecule has 0 radical (unpaired) electrons. The molecule has 0 amide bonds. The second-order valence-electron chi connectivity index (χ2n) is 2.79. The maximum absolute atomic E-state index is 11.0. The van der Waals surface area contributed by atoms with Crippen molar-refractivity contribution < 1.29 is 24.5 Å². The zero-order valence-corrected chi connectivity index (χ0v) is 8.48. The van der Waals surface area contributed by atoms with Crippen LogP contribution in [-0.4, -0.2) is 30.4 Å². The fourth-order valence-corrected chi connectivity index (χ4v) is 1.36. The first-order chi connectivity index (χ1) is 7.15. The first-order valence-electron chi connectivity index (χ1n) is 4.23. The average Bonchev–Trinajstić information content (AvgIpc) is 2.26. The summed E-state index contributed by atoms with van der Waals surface area (Å²) in [6, 6.07) is 3.04. The van der Waals surface area contributed by atoms with Gasteiger partial charge in [0.15, 0.2) is 0 Å². The van der Waals surface area contributed by atoms with Crippen LogP contribution in [0.5, 0.6) is 11.5 Å². The van der Waals surface area contributed by atoms with Crippen molar-refractivity contribution in [2.24, 2.45) is 0 Å². The molecule has 0 spiro atoms. The van der Waals surface area contributed by atoms with Crippen LogP contribution in [0.4, 0.5) is 0 Å². The molecule has 82 valence electrons. The normalized spacial score (nSPS) is 9.80. The van der Waals surface area contributed by atoms with Gasteiger partial charge in [0.25, 0.3) is 0 Å². The van der Waals surface area contributed by atoms with E-state index >= 15 is 0 Å². The van der Waals surface area contributed by atoms with Crippen LogP contribution < -0.4 is 9.47 Å². The highest BCUT2D eigenvalue weighted by atomic mass is 16.5. The average molecular weight is 212 g/mol. The van der Waals surface area contributed by atoms with Gasteiger partial charge in [0, 0.05) is 5.56 Å². The Labute approximate surface area is 86.9 Å². The van der Waals surface area contributed by atoms with Crippen LogP contribution in [0.15, 0.2) is 12.1 Å². The Kier molecular flexibility index (Phi) is 3.51. The van der Waals surface area contributed by atoms with Crippen molar-refractivity contribution in [3.63, 3.8) is 0 Å². The molecule has 0 bridgehead atoms. The third-order valence-electron chi connectivity index (χ3n) is 2.04. The summed E-state index contributed by atoms with van der Waals surface area (Å²) in [5.41, 5.74) is 0.142. The SMILES string of the molecule is COc1ccc(OC)c(C(=O)O)c1CO. The van der Waals surface area contributed by atoms with Gasteiger partial charge in [-0.3, -0.25) is 0 Å². The third-order valence-corrected chi connectivity index (χ3v) is 2.04. The number of aromatic carboxylic acids is 1. The molecule has 2 N–H and O–H groups in total. The lowest BCUT2D eigenvalue weighted by molar-refractivity contribution is 0.0689. The van der Waals surface area contributed by atoms with Gasteiger partial charge in [0.1, 0.15) is 17.1 Å². The van der Waals surface area contributed by atoms with E-state index in [0.717, 1.165) is 0 Å². The van der Waals surface area contributed by atoms with E-state index in [9.17, 15) is 4.79 Å². The van der Waals surface area contributed by atoms with Crippen molar-refractivity contribution in [2.75, 3.05) is 14.2 Å². The van der Waals surface area contributed by atoms with Crippen LogP contribution in [0.1, 0.15) is 15.9 Å². The summed E-state index contributed by atoms with van der Waals surface area (Å²) < 4.78 is 9.85. The van der Waals surface area contributed by atoms with Crippen molar-refractivity contribution >= 4 is 5.97 Å². The van der Waals surface area contributed by atoms with Gasteiger partial charge in [-0.15, -0.1) is 0 Å². The second kappa shape index (κ2) is 4.65. The molecule has 0 aliphatic carbocycles. The summed E-state index contributed by atoms with van der Waals surface area (Å²) in [5, 5.41) is 18.1. The summed E-state index contributed by atoms with van der Waals surface area (Å²) in [5.74, 6) is -0.627. The Hall–Kier alpha value is -1.75. The molecule has 0 fully saturated rings. The molecular weight excluding hydrogens is 200 g/mol. The van der Waals surface area contributed by atoms with Gasteiger partial charge in [-0.05, 0) is 12.1 Å².